The summed E-state index contributed by atoms with van der Waals surface area (Å²) in [6.07, 6.45) is -0.0871. The number of oxime groups is 1. The Morgan fingerprint density at radius 2 is 2.05 bits per heavy atom. The van der Waals surface area contributed by atoms with Gasteiger partial charge in [-0.25, -0.2) is 4.79 Å². The zero-order valence-corrected chi connectivity index (χ0v) is 13.3. The molecule has 0 aliphatic rings. The average molecular weight is 397 g/mol. The fourth-order valence-corrected chi connectivity index (χ4v) is 2.94. The first kappa shape index (κ1) is 15.8. The zero-order chi connectivity index (χ0) is 14.6. The predicted molar refractivity (Wildman–Crippen MR) is 75.0 cm³/mol. The minimum absolute atomic E-state index is 0.0871. The van der Waals surface area contributed by atoms with Crippen LogP contribution in [0.3, 0.4) is 0 Å². The fraction of sp³-hybridized carbons (Fsp3) is 0.273. The minimum Gasteiger partial charge on any atom is -0.506 e. The van der Waals surface area contributed by atoms with E-state index in [-0.39, 0.29) is 17.9 Å². The molecule has 0 aromatic heterocycles. The molecule has 1 rings (SSSR count). The van der Waals surface area contributed by atoms with Gasteiger partial charge in [0.1, 0.15) is 10.2 Å². The number of phenols is 1. The zero-order valence-electron chi connectivity index (χ0n) is 10.1. The second-order valence-electron chi connectivity index (χ2n) is 3.43. The number of esters is 1. The van der Waals surface area contributed by atoms with Crippen LogP contribution in [0.15, 0.2) is 20.2 Å². The monoisotopic (exact) mass is 395 g/mol. The number of aromatic hydroxyl groups is 1. The van der Waals surface area contributed by atoms with E-state index in [4.69, 9.17) is 9.94 Å². The van der Waals surface area contributed by atoms with Crippen LogP contribution < -0.4 is 4.74 Å². The van der Waals surface area contributed by atoms with Gasteiger partial charge in [0.25, 0.3) is 0 Å². The van der Waals surface area contributed by atoms with Crippen molar-refractivity contribution in [3.05, 3.63) is 20.6 Å². The van der Waals surface area contributed by atoms with Crippen molar-refractivity contribution in [1.29, 1.82) is 0 Å². The van der Waals surface area contributed by atoms with Crippen LogP contribution in [0.25, 0.3) is 0 Å². The maximum Gasteiger partial charge on any atom is 0.356 e. The molecule has 1 aromatic rings. The van der Waals surface area contributed by atoms with Crippen molar-refractivity contribution < 1.29 is 24.6 Å². The number of hydrogen-bond donors (Lipinski definition) is 2. The van der Waals surface area contributed by atoms with Crippen molar-refractivity contribution in [3.8, 4) is 11.5 Å². The van der Waals surface area contributed by atoms with E-state index in [9.17, 15) is 9.90 Å². The Morgan fingerprint density at radius 1 is 1.42 bits per heavy atom. The first-order valence-electron chi connectivity index (χ1n) is 4.99. The van der Waals surface area contributed by atoms with Crippen molar-refractivity contribution in [2.45, 2.75) is 6.42 Å². The molecule has 1 aromatic carbocycles. The molecule has 0 atom stereocenters. The van der Waals surface area contributed by atoms with E-state index in [0.29, 0.717) is 20.3 Å². The molecule has 0 aliphatic carbocycles. The van der Waals surface area contributed by atoms with Crippen molar-refractivity contribution >= 4 is 43.5 Å². The van der Waals surface area contributed by atoms with Crippen LogP contribution in [0.2, 0.25) is 0 Å². The molecule has 0 amide bonds. The Labute approximate surface area is 126 Å². The highest BCUT2D eigenvalue weighted by Gasteiger charge is 2.20. The highest BCUT2D eigenvalue weighted by molar-refractivity contribution is 9.11. The van der Waals surface area contributed by atoms with E-state index >= 15 is 0 Å². The van der Waals surface area contributed by atoms with E-state index in [0.717, 1.165) is 0 Å². The third-order valence-corrected chi connectivity index (χ3v) is 3.66. The van der Waals surface area contributed by atoms with Gasteiger partial charge < -0.3 is 19.8 Å². The largest absolute Gasteiger partial charge is 0.506 e. The number of carbonyl (C=O) groups excluding carboxylic acids is 1. The van der Waals surface area contributed by atoms with Gasteiger partial charge in [0.05, 0.1) is 18.7 Å². The Kier molecular flexibility index (Phi) is 5.61. The second kappa shape index (κ2) is 6.76. The first-order chi connectivity index (χ1) is 8.96. The SMILES string of the molecule is COC(=O)C(Cc1cc(Br)c(OC)c(Br)c1O)=NO. The van der Waals surface area contributed by atoms with Crippen molar-refractivity contribution in [2.24, 2.45) is 5.16 Å². The van der Waals surface area contributed by atoms with Gasteiger partial charge in [-0.2, -0.15) is 0 Å². The molecule has 0 saturated carbocycles. The van der Waals surface area contributed by atoms with Gasteiger partial charge in [-0.1, -0.05) is 5.16 Å². The Hall–Kier alpha value is -1.28. The number of nitrogens with zero attached hydrogens (tertiary/aromatic N) is 1. The van der Waals surface area contributed by atoms with Gasteiger partial charge in [-0.15, -0.1) is 0 Å². The number of benzene rings is 1. The lowest BCUT2D eigenvalue weighted by atomic mass is 10.1. The lowest BCUT2D eigenvalue weighted by Crippen LogP contribution is -2.18. The number of halogens is 2. The van der Waals surface area contributed by atoms with Crippen molar-refractivity contribution in [2.75, 3.05) is 14.2 Å². The fourth-order valence-electron chi connectivity index (χ4n) is 1.41. The topological polar surface area (TPSA) is 88.4 Å². The maximum absolute atomic E-state index is 11.3. The van der Waals surface area contributed by atoms with Gasteiger partial charge >= 0.3 is 5.97 Å². The molecular formula is C11H11Br2NO5. The molecular weight excluding hydrogens is 386 g/mol. The van der Waals surface area contributed by atoms with E-state index in [1.807, 2.05) is 0 Å². The van der Waals surface area contributed by atoms with E-state index in [2.05, 4.69) is 41.8 Å². The molecule has 0 radical (unpaired) electrons. The molecule has 19 heavy (non-hydrogen) atoms. The summed E-state index contributed by atoms with van der Waals surface area (Å²) < 4.78 is 10.5. The molecule has 8 heteroatoms. The lowest BCUT2D eigenvalue weighted by Gasteiger charge is -2.12. The summed E-state index contributed by atoms with van der Waals surface area (Å²) in [5, 5.41) is 21.6. The molecule has 0 saturated heterocycles. The van der Waals surface area contributed by atoms with Crippen LogP contribution in [0.5, 0.6) is 11.5 Å². The van der Waals surface area contributed by atoms with E-state index in [1.54, 1.807) is 6.07 Å². The number of hydrogen-bond acceptors (Lipinski definition) is 6. The standard InChI is InChI=1S/C11H11Br2NO5/c1-18-10-6(12)3-5(9(15)8(10)13)4-7(14-17)11(16)19-2/h3,15,17H,4H2,1-2H3. The summed E-state index contributed by atoms with van der Waals surface area (Å²) in [5.74, 6) is -0.461. The Bertz CT molecular complexity index is 530. The normalized spacial score (nSPS) is 11.3. The number of rotatable bonds is 4. The third kappa shape index (κ3) is 3.38. The molecule has 0 heterocycles. The summed E-state index contributed by atoms with van der Waals surface area (Å²) in [5.41, 5.74) is 0.152. The van der Waals surface area contributed by atoms with Crippen LogP contribution in [0.1, 0.15) is 5.56 Å². The summed E-state index contributed by atoms with van der Waals surface area (Å²) in [7, 11) is 2.63. The summed E-state index contributed by atoms with van der Waals surface area (Å²) >= 11 is 6.46. The summed E-state index contributed by atoms with van der Waals surface area (Å²) in [4.78, 5) is 11.3. The number of ether oxygens (including phenoxy) is 2. The van der Waals surface area contributed by atoms with Gasteiger partial charge in [0.15, 0.2) is 11.5 Å². The molecule has 0 fully saturated rings. The van der Waals surface area contributed by atoms with Crippen LogP contribution in [0, 0.1) is 0 Å². The summed E-state index contributed by atoms with van der Waals surface area (Å²) in [6, 6.07) is 1.56. The molecule has 0 unspecified atom stereocenters. The molecule has 0 aliphatic heterocycles. The third-order valence-electron chi connectivity index (χ3n) is 2.33. The molecule has 104 valence electrons. The molecule has 0 spiro atoms. The Morgan fingerprint density at radius 3 is 2.53 bits per heavy atom. The molecule has 0 bridgehead atoms. The van der Waals surface area contributed by atoms with Gasteiger partial charge in [-0.3, -0.25) is 0 Å². The maximum atomic E-state index is 11.3. The summed E-state index contributed by atoms with van der Waals surface area (Å²) in [6.45, 7) is 0. The van der Waals surface area contributed by atoms with Gasteiger partial charge in [0, 0.05) is 12.0 Å². The van der Waals surface area contributed by atoms with Gasteiger partial charge in [0.2, 0.25) is 0 Å². The van der Waals surface area contributed by atoms with Crippen LogP contribution in [-0.2, 0) is 16.0 Å². The number of carbonyl (C=O) groups is 1. The van der Waals surface area contributed by atoms with Gasteiger partial charge in [-0.05, 0) is 37.9 Å². The van der Waals surface area contributed by atoms with E-state index in [1.165, 1.54) is 14.2 Å². The van der Waals surface area contributed by atoms with E-state index < -0.39 is 5.97 Å². The van der Waals surface area contributed by atoms with Crippen molar-refractivity contribution in [1.82, 2.24) is 0 Å². The van der Waals surface area contributed by atoms with Crippen LogP contribution in [-0.4, -0.2) is 36.2 Å². The second-order valence-corrected chi connectivity index (χ2v) is 5.08. The quantitative estimate of drug-likeness (QED) is 0.353. The van der Waals surface area contributed by atoms with Crippen LogP contribution in [0.4, 0.5) is 0 Å². The smallest absolute Gasteiger partial charge is 0.356 e. The van der Waals surface area contributed by atoms with Crippen molar-refractivity contribution in [3.63, 3.8) is 0 Å². The molecule has 6 nitrogen and oxygen atoms in total. The number of methoxy groups -OCH3 is 2. The Balaban J connectivity index is 3.20. The predicted octanol–water partition coefficient (Wildman–Crippen LogP) is 2.47. The average Bonchev–Trinajstić information content (AvgIpc) is 2.41. The highest BCUT2D eigenvalue weighted by atomic mass is 79.9. The first-order valence-corrected chi connectivity index (χ1v) is 6.57. The molecule has 2 N–H and O–H groups in total. The minimum atomic E-state index is -0.773. The highest BCUT2D eigenvalue weighted by Crippen LogP contribution is 2.42. The lowest BCUT2D eigenvalue weighted by molar-refractivity contribution is -0.132. The number of phenolic OH excluding ortho intramolecular Hbond substituents is 1. The van der Waals surface area contributed by atoms with Crippen LogP contribution >= 0.6 is 31.9 Å².